The van der Waals surface area contributed by atoms with E-state index in [1.165, 1.54) is 18.2 Å². The Bertz CT molecular complexity index is 823. The summed E-state index contributed by atoms with van der Waals surface area (Å²) in [5, 5.41) is 5.27. The van der Waals surface area contributed by atoms with Gasteiger partial charge in [0.2, 0.25) is 11.8 Å². The molecular formula is C21H23F3N2O3. The number of carbonyl (C=O) groups excluding carboxylic acids is 2. The highest BCUT2D eigenvalue weighted by atomic mass is 19.4. The average molecular weight is 408 g/mol. The number of nitrogens with one attached hydrogen (secondary N) is 2. The van der Waals surface area contributed by atoms with Gasteiger partial charge in [-0.2, -0.15) is 0 Å². The number of para-hydroxylation sites is 1. The van der Waals surface area contributed by atoms with E-state index in [1.54, 1.807) is 36.4 Å². The number of amides is 2. The first kappa shape index (κ1) is 22.3. The van der Waals surface area contributed by atoms with Crippen molar-refractivity contribution in [1.82, 2.24) is 10.6 Å². The van der Waals surface area contributed by atoms with E-state index in [0.29, 0.717) is 5.56 Å². The minimum absolute atomic E-state index is 0.112. The van der Waals surface area contributed by atoms with Gasteiger partial charge in [0.05, 0.1) is 0 Å². The van der Waals surface area contributed by atoms with Crippen LogP contribution in [0.3, 0.4) is 0 Å². The van der Waals surface area contributed by atoms with Crippen LogP contribution < -0.4 is 15.4 Å². The molecule has 2 aromatic rings. The lowest BCUT2D eigenvalue weighted by Crippen LogP contribution is -2.40. The van der Waals surface area contributed by atoms with Crippen LogP contribution >= 0.6 is 0 Å². The van der Waals surface area contributed by atoms with E-state index >= 15 is 0 Å². The molecule has 0 bridgehead atoms. The lowest BCUT2D eigenvalue weighted by molar-refractivity contribution is -0.274. The molecule has 29 heavy (non-hydrogen) atoms. The van der Waals surface area contributed by atoms with Gasteiger partial charge in [-0.1, -0.05) is 62.4 Å². The molecule has 156 valence electrons. The van der Waals surface area contributed by atoms with Crippen molar-refractivity contribution in [2.45, 2.75) is 39.2 Å². The van der Waals surface area contributed by atoms with Gasteiger partial charge in [-0.3, -0.25) is 9.59 Å². The molecule has 2 rings (SSSR count). The quantitative estimate of drug-likeness (QED) is 0.691. The molecule has 0 spiro atoms. The van der Waals surface area contributed by atoms with E-state index < -0.39 is 18.3 Å². The van der Waals surface area contributed by atoms with Gasteiger partial charge < -0.3 is 15.4 Å². The van der Waals surface area contributed by atoms with Crippen LogP contribution in [0.15, 0.2) is 54.6 Å². The van der Waals surface area contributed by atoms with Crippen molar-refractivity contribution in [2.75, 3.05) is 0 Å². The smallest absolute Gasteiger partial charge is 0.405 e. The Labute approximate surface area is 167 Å². The Morgan fingerprint density at radius 3 is 2.24 bits per heavy atom. The zero-order chi connectivity index (χ0) is 21.4. The summed E-state index contributed by atoms with van der Waals surface area (Å²) in [5.74, 6) is -1.10. The number of hydrogen-bond acceptors (Lipinski definition) is 3. The SMILES string of the molecule is CC(C)CC(=O)NC(C(=O)NCc1ccccc1OC(F)(F)F)c1ccccc1. The Hall–Kier alpha value is -3.03. The van der Waals surface area contributed by atoms with Crippen LogP contribution in [0.25, 0.3) is 0 Å². The lowest BCUT2D eigenvalue weighted by Gasteiger charge is -2.20. The summed E-state index contributed by atoms with van der Waals surface area (Å²) in [5.41, 5.74) is 0.737. The van der Waals surface area contributed by atoms with Crippen LogP contribution in [-0.4, -0.2) is 18.2 Å². The molecule has 0 saturated carbocycles. The van der Waals surface area contributed by atoms with Crippen LogP contribution in [0, 0.1) is 5.92 Å². The molecular weight excluding hydrogens is 385 g/mol. The fraction of sp³-hybridized carbons (Fsp3) is 0.333. The second-order valence-electron chi connectivity index (χ2n) is 6.88. The number of ether oxygens (including phenoxy) is 1. The number of alkyl halides is 3. The van der Waals surface area contributed by atoms with E-state index in [0.717, 1.165) is 0 Å². The summed E-state index contributed by atoms with van der Waals surface area (Å²) in [6.45, 7) is 3.58. The van der Waals surface area contributed by atoms with Crippen molar-refractivity contribution in [3.05, 3.63) is 65.7 Å². The third-order valence-electron chi connectivity index (χ3n) is 3.95. The molecule has 1 atom stereocenters. The molecule has 0 aliphatic rings. The molecule has 0 aliphatic carbocycles. The summed E-state index contributed by atoms with van der Waals surface area (Å²) in [6.07, 6.45) is -4.59. The first-order valence-corrected chi connectivity index (χ1v) is 9.11. The van der Waals surface area contributed by atoms with Crippen molar-refractivity contribution < 1.29 is 27.5 Å². The highest BCUT2D eigenvalue weighted by molar-refractivity contribution is 5.88. The predicted molar refractivity (Wildman–Crippen MR) is 102 cm³/mol. The molecule has 1 unspecified atom stereocenters. The molecule has 0 heterocycles. The topological polar surface area (TPSA) is 67.4 Å². The van der Waals surface area contributed by atoms with Crippen molar-refractivity contribution in [3.63, 3.8) is 0 Å². The maximum atomic E-state index is 12.7. The predicted octanol–water partition coefficient (Wildman–Crippen LogP) is 4.11. The van der Waals surface area contributed by atoms with Gasteiger partial charge in [-0.05, 0) is 17.5 Å². The van der Waals surface area contributed by atoms with Crippen molar-refractivity contribution in [2.24, 2.45) is 5.92 Å². The fourth-order valence-corrected chi connectivity index (χ4v) is 2.69. The summed E-state index contributed by atoms with van der Waals surface area (Å²) < 4.78 is 41.7. The van der Waals surface area contributed by atoms with Gasteiger partial charge >= 0.3 is 6.36 Å². The first-order chi connectivity index (χ1) is 13.7. The summed E-state index contributed by atoms with van der Waals surface area (Å²) >= 11 is 0. The van der Waals surface area contributed by atoms with Crippen LogP contribution in [0.2, 0.25) is 0 Å². The van der Waals surface area contributed by atoms with Gasteiger partial charge in [0, 0.05) is 18.5 Å². The Morgan fingerprint density at radius 2 is 1.62 bits per heavy atom. The second kappa shape index (κ2) is 9.95. The standard InChI is InChI=1S/C21H23F3N2O3/c1-14(2)12-18(27)26-19(15-8-4-3-5-9-15)20(28)25-13-16-10-6-7-11-17(16)29-21(22,23)24/h3-11,14,19H,12-13H2,1-2H3,(H,25,28)(H,26,27). The van der Waals surface area contributed by atoms with Crippen molar-refractivity contribution in [3.8, 4) is 5.75 Å². The monoisotopic (exact) mass is 408 g/mol. The average Bonchev–Trinajstić information content (AvgIpc) is 2.64. The molecule has 0 radical (unpaired) electrons. The molecule has 0 aliphatic heterocycles. The van der Waals surface area contributed by atoms with E-state index in [1.807, 2.05) is 13.8 Å². The number of benzene rings is 2. The molecule has 8 heteroatoms. The zero-order valence-electron chi connectivity index (χ0n) is 16.1. The number of halogens is 3. The highest BCUT2D eigenvalue weighted by Crippen LogP contribution is 2.26. The minimum atomic E-state index is -4.84. The summed E-state index contributed by atoms with van der Waals surface area (Å²) in [6, 6.07) is 13.2. The Kier molecular flexibility index (Phi) is 7.64. The number of hydrogen-bond donors (Lipinski definition) is 2. The molecule has 0 fully saturated rings. The zero-order valence-corrected chi connectivity index (χ0v) is 16.1. The van der Waals surface area contributed by atoms with Crippen LogP contribution in [-0.2, 0) is 16.1 Å². The summed E-state index contributed by atoms with van der Waals surface area (Å²) in [7, 11) is 0. The van der Waals surface area contributed by atoms with Gasteiger partial charge in [-0.25, -0.2) is 0 Å². The van der Waals surface area contributed by atoms with Crippen molar-refractivity contribution >= 4 is 11.8 Å². The number of rotatable bonds is 8. The third-order valence-corrected chi connectivity index (χ3v) is 3.95. The largest absolute Gasteiger partial charge is 0.573 e. The third kappa shape index (κ3) is 7.48. The van der Waals surface area contributed by atoms with E-state index in [-0.39, 0.29) is 36.1 Å². The first-order valence-electron chi connectivity index (χ1n) is 9.11. The van der Waals surface area contributed by atoms with Crippen molar-refractivity contribution in [1.29, 1.82) is 0 Å². The fourth-order valence-electron chi connectivity index (χ4n) is 2.69. The van der Waals surface area contributed by atoms with E-state index in [2.05, 4.69) is 15.4 Å². The van der Waals surface area contributed by atoms with Gasteiger partial charge in [0.1, 0.15) is 11.8 Å². The molecule has 2 N–H and O–H groups in total. The maximum Gasteiger partial charge on any atom is 0.573 e. The minimum Gasteiger partial charge on any atom is -0.405 e. The maximum absolute atomic E-state index is 12.7. The van der Waals surface area contributed by atoms with Crippen LogP contribution in [0.5, 0.6) is 5.75 Å². The van der Waals surface area contributed by atoms with Gasteiger partial charge in [0.25, 0.3) is 0 Å². The molecule has 2 amide bonds. The van der Waals surface area contributed by atoms with Gasteiger partial charge in [-0.15, -0.1) is 13.2 Å². The second-order valence-corrected chi connectivity index (χ2v) is 6.88. The molecule has 0 aromatic heterocycles. The van der Waals surface area contributed by atoms with E-state index in [9.17, 15) is 22.8 Å². The molecule has 5 nitrogen and oxygen atoms in total. The van der Waals surface area contributed by atoms with E-state index in [4.69, 9.17) is 0 Å². The Balaban J connectivity index is 2.13. The highest BCUT2D eigenvalue weighted by Gasteiger charge is 2.32. The van der Waals surface area contributed by atoms with Crippen LogP contribution in [0.4, 0.5) is 13.2 Å². The molecule has 0 saturated heterocycles. The summed E-state index contributed by atoms with van der Waals surface area (Å²) in [4.78, 5) is 24.9. The van der Waals surface area contributed by atoms with Gasteiger partial charge in [0.15, 0.2) is 0 Å². The van der Waals surface area contributed by atoms with Crippen LogP contribution in [0.1, 0.15) is 37.4 Å². The Morgan fingerprint density at radius 1 is 1.00 bits per heavy atom. The number of carbonyl (C=O) groups is 2. The normalized spacial score (nSPS) is 12.3. The lowest BCUT2D eigenvalue weighted by atomic mass is 10.0. The molecule has 2 aromatic carbocycles.